The van der Waals surface area contributed by atoms with E-state index in [0.29, 0.717) is 15.2 Å². The zero-order valence-electron chi connectivity index (χ0n) is 8.88. The van der Waals surface area contributed by atoms with Gasteiger partial charge in [0.25, 0.3) is 0 Å². The molecule has 0 radical (unpaired) electrons. The number of thiocarbonyl (C=S) groups is 1. The van der Waals surface area contributed by atoms with Crippen molar-refractivity contribution in [1.82, 2.24) is 5.48 Å². The Kier molecular flexibility index (Phi) is 5.28. The minimum Gasteiger partial charge on any atom is -0.331 e. The number of rotatable bonds is 3. The molecule has 88 valence electrons. The van der Waals surface area contributed by atoms with Gasteiger partial charge in [0, 0.05) is 5.69 Å². The van der Waals surface area contributed by atoms with Gasteiger partial charge in [-0.05, 0) is 44.3 Å². The van der Waals surface area contributed by atoms with Crippen LogP contribution in [0.5, 0.6) is 0 Å². The van der Waals surface area contributed by atoms with Crippen molar-refractivity contribution in [3.63, 3.8) is 0 Å². The summed E-state index contributed by atoms with van der Waals surface area (Å²) in [5, 5.41) is 4.26. The maximum absolute atomic E-state index is 5.86. The summed E-state index contributed by atoms with van der Waals surface area (Å²) >= 11 is 16.7. The Morgan fingerprint density at radius 2 is 2.00 bits per heavy atom. The number of nitrogens with one attached hydrogen (secondary N) is 2. The highest BCUT2D eigenvalue weighted by molar-refractivity contribution is 7.80. The molecule has 0 amide bonds. The van der Waals surface area contributed by atoms with Crippen molar-refractivity contribution in [3.8, 4) is 0 Å². The van der Waals surface area contributed by atoms with Gasteiger partial charge >= 0.3 is 0 Å². The maximum Gasteiger partial charge on any atom is 0.195 e. The van der Waals surface area contributed by atoms with Crippen molar-refractivity contribution in [2.45, 2.75) is 20.0 Å². The molecule has 0 saturated heterocycles. The van der Waals surface area contributed by atoms with Crippen LogP contribution in [0.25, 0.3) is 0 Å². The van der Waals surface area contributed by atoms with E-state index in [1.165, 1.54) is 0 Å². The molecule has 0 unspecified atom stereocenters. The zero-order valence-corrected chi connectivity index (χ0v) is 11.2. The van der Waals surface area contributed by atoms with Crippen LogP contribution in [0.4, 0.5) is 5.69 Å². The third kappa shape index (κ3) is 4.53. The predicted octanol–water partition coefficient (Wildman–Crippen LogP) is 3.62. The van der Waals surface area contributed by atoms with Crippen molar-refractivity contribution >= 4 is 46.2 Å². The van der Waals surface area contributed by atoms with Gasteiger partial charge in [-0.1, -0.05) is 23.2 Å². The molecule has 6 heteroatoms. The lowest BCUT2D eigenvalue weighted by atomic mass is 10.3. The topological polar surface area (TPSA) is 33.3 Å². The molecule has 3 nitrogen and oxygen atoms in total. The lowest BCUT2D eigenvalue weighted by molar-refractivity contribution is 0.0346. The minimum absolute atomic E-state index is 0.0496. The summed E-state index contributed by atoms with van der Waals surface area (Å²) in [5.41, 5.74) is 3.36. The number of anilines is 1. The third-order valence-corrected chi connectivity index (χ3v) is 2.49. The Bertz CT molecular complexity index is 385. The van der Waals surface area contributed by atoms with Crippen molar-refractivity contribution in [3.05, 3.63) is 28.2 Å². The van der Waals surface area contributed by atoms with Gasteiger partial charge in [-0.15, -0.1) is 0 Å². The SMILES string of the molecule is CC(C)ONC(=S)Nc1ccc(Cl)c(Cl)c1. The minimum atomic E-state index is 0.0496. The molecule has 1 rings (SSSR count). The lowest BCUT2D eigenvalue weighted by Gasteiger charge is -2.12. The highest BCUT2D eigenvalue weighted by Crippen LogP contribution is 2.24. The van der Waals surface area contributed by atoms with E-state index in [-0.39, 0.29) is 6.10 Å². The fourth-order valence-electron chi connectivity index (χ4n) is 0.902. The van der Waals surface area contributed by atoms with E-state index in [4.69, 9.17) is 40.3 Å². The fourth-order valence-corrected chi connectivity index (χ4v) is 1.37. The molecule has 0 spiro atoms. The van der Waals surface area contributed by atoms with Crippen LogP contribution in [0.2, 0.25) is 10.0 Å². The molecule has 16 heavy (non-hydrogen) atoms. The first kappa shape index (κ1) is 13.5. The van der Waals surface area contributed by atoms with Crippen LogP contribution in [0.3, 0.4) is 0 Å². The molecule has 0 aliphatic rings. The summed E-state index contributed by atoms with van der Waals surface area (Å²) in [6, 6.07) is 5.16. The molecule has 0 aliphatic carbocycles. The summed E-state index contributed by atoms with van der Waals surface area (Å²) in [5.74, 6) is 0. The van der Waals surface area contributed by atoms with Crippen LogP contribution in [-0.4, -0.2) is 11.2 Å². The Morgan fingerprint density at radius 1 is 1.31 bits per heavy atom. The molecule has 0 saturated carbocycles. The Labute approximate surface area is 110 Å². The Morgan fingerprint density at radius 3 is 2.56 bits per heavy atom. The van der Waals surface area contributed by atoms with Crippen molar-refractivity contribution in [2.24, 2.45) is 0 Å². The third-order valence-electron chi connectivity index (χ3n) is 1.56. The quantitative estimate of drug-likeness (QED) is 0.654. The number of halogens is 2. The highest BCUT2D eigenvalue weighted by atomic mass is 35.5. The van der Waals surface area contributed by atoms with Crippen molar-refractivity contribution < 1.29 is 4.84 Å². The summed E-state index contributed by atoms with van der Waals surface area (Å²) in [6.07, 6.45) is 0.0496. The van der Waals surface area contributed by atoms with Crippen molar-refractivity contribution in [1.29, 1.82) is 0 Å². The van der Waals surface area contributed by atoms with Gasteiger partial charge in [0.05, 0.1) is 16.1 Å². The number of benzene rings is 1. The summed E-state index contributed by atoms with van der Waals surface area (Å²) in [4.78, 5) is 5.12. The largest absolute Gasteiger partial charge is 0.331 e. The van der Waals surface area contributed by atoms with Crippen molar-refractivity contribution in [2.75, 3.05) is 5.32 Å². The normalized spacial score (nSPS) is 10.3. The average Bonchev–Trinajstić information content (AvgIpc) is 2.21. The molecule has 1 aromatic rings. The van der Waals surface area contributed by atoms with E-state index in [1.54, 1.807) is 18.2 Å². The predicted molar refractivity (Wildman–Crippen MR) is 72.0 cm³/mol. The molecule has 0 atom stereocenters. The molecule has 1 aromatic carbocycles. The van der Waals surface area contributed by atoms with Crippen LogP contribution in [0.15, 0.2) is 18.2 Å². The molecule has 0 heterocycles. The summed E-state index contributed by atoms with van der Waals surface area (Å²) in [7, 11) is 0. The average molecular weight is 279 g/mol. The molecule has 0 aliphatic heterocycles. The molecule has 2 N–H and O–H groups in total. The summed E-state index contributed by atoms with van der Waals surface area (Å²) in [6.45, 7) is 3.80. The molecular weight excluding hydrogens is 267 g/mol. The van der Waals surface area contributed by atoms with Crippen LogP contribution >= 0.6 is 35.4 Å². The number of hydrogen-bond acceptors (Lipinski definition) is 2. The molecule has 0 bridgehead atoms. The fraction of sp³-hybridized carbons (Fsp3) is 0.300. The van der Waals surface area contributed by atoms with Crippen LogP contribution in [0, 0.1) is 0 Å². The van der Waals surface area contributed by atoms with E-state index < -0.39 is 0 Å². The summed E-state index contributed by atoms with van der Waals surface area (Å²) < 4.78 is 0. The van der Waals surface area contributed by atoms with E-state index in [9.17, 15) is 0 Å². The zero-order chi connectivity index (χ0) is 12.1. The Hall–Kier alpha value is -0.550. The first-order valence-corrected chi connectivity index (χ1v) is 5.83. The second kappa shape index (κ2) is 6.25. The van der Waals surface area contributed by atoms with Gasteiger partial charge in [0.2, 0.25) is 0 Å². The van der Waals surface area contributed by atoms with E-state index in [0.717, 1.165) is 5.69 Å². The van der Waals surface area contributed by atoms with Gasteiger partial charge in [0.1, 0.15) is 0 Å². The highest BCUT2D eigenvalue weighted by Gasteiger charge is 2.02. The smallest absolute Gasteiger partial charge is 0.195 e. The molecule has 0 aromatic heterocycles. The van der Waals surface area contributed by atoms with Gasteiger partial charge in [-0.2, -0.15) is 0 Å². The number of hydroxylamine groups is 1. The standard InChI is InChI=1S/C10H12Cl2N2OS/c1-6(2)15-14-10(16)13-7-3-4-8(11)9(12)5-7/h3-6H,1-2H3,(H2,13,14,16). The monoisotopic (exact) mass is 278 g/mol. The first-order chi connectivity index (χ1) is 7.49. The molecular formula is C10H12Cl2N2OS. The second-order valence-corrected chi connectivity index (χ2v) is 4.57. The molecule has 0 fully saturated rings. The van der Waals surface area contributed by atoms with Gasteiger partial charge in [0.15, 0.2) is 5.11 Å². The Balaban J connectivity index is 2.53. The van der Waals surface area contributed by atoms with Crippen LogP contribution in [0.1, 0.15) is 13.8 Å². The van der Waals surface area contributed by atoms with Gasteiger partial charge in [-0.25, -0.2) is 5.48 Å². The van der Waals surface area contributed by atoms with Crippen LogP contribution in [-0.2, 0) is 4.84 Å². The lowest BCUT2D eigenvalue weighted by Crippen LogP contribution is -2.30. The van der Waals surface area contributed by atoms with E-state index in [1.807, 2.05) is 13.8 Å². The first-order valence-electron chi connectivity index (χ1n) is 4.66. The second-order valence-electron chi connectivity index (χ2n) is 3.35. The number of hydrogen-bond donors (Lipinski definition) is 2. The maximum atomic E-state index is 5.86. The van der Waals surface area contributed by atoms with Crippen LogP contribution < -0.4 is 10.8 Å². The van der Waals surface area contributed by atoms with Gasteiger partial charge in [-0.3, -0.25) is 4.84 Å². The van der Waals surface area contributed by atoms with E-state index >= 15 is 0 Å². The van der Waals surface area contributed by atoms with E-state index in [2.05, 4.69) is 10.8 Å². The van der Waals surface area contributed by atoms with Gasteiger partial charge < -0.3 is 5.32 Å².